The van der Waals surface area contributed by atoms with E-state index in [-0.39, 0.29) is 6.03 Å². The second-order valence-corrected chi connectivity index (χ2v) is 4.13. The largest absolute Gasteiger partial charge is 0.326 e. The summed E-state index contributed by atoms with van der Waals surface area (Å²) >= 11 is 0. The van der Waals surface area contributed by atoms with Crippen LogP contribution in [-0.4, -0.2) is 11.3 Å². The first-order valence-corrected chi connectivity index (χ1v) is 6.27. The number of anilines is 2. The highest BCUT2D eigenvalue weighted by Gasteiger charge is 2.13. The van der Waals surface area contributed by atoms with E-state index in [0.717, 1.165) is 25.1 Å². The molecule has 6 heteroatoms. The van der Waals surface area contributed by atoms with Gasteiger partial charge in [-0.05, 0) is 12.1 Å². The van der Waals surface area contributed by atoms with Gasteiger partial charge in [0.05, 0.1) is 0 Å². The van der Waals surface area contributed by atoms with Gasteiger partial charge in [0.25, 0.3) is 6.20 Å². The van der Waals surface area contributed by atoms with Gasteiger partial charge in [-0.15, -0.1) is 0 Å². The smallest absolute Gasteiger partial charge is 0.308 e. The number of amides is 2. The quantitative estimate of drug-likeness (QED) is 0.812. The van der Waals surface area contributed by atoms with Crippen molar-refractivity contribution in [2.75, 3.05) is 10.6 Å². The number of rotatable bonds is 5. The Kier molecular flexibility index (Phi) is 4.49. The van der Waals surface area contributed by atoms with Crippen LogP contribution in [0.15, 0.2) is 41.1 Å². The average molecular weight is 261 g/mol. The Balaban J connectivity index is 1.86. The standard InChI is InChI=1S/C13H16N4O2/c1-2-3-9-17-10-12(19-16-17)15-13(18)14-11-7-5-4-6-8-11/h4-8,10H,2-3,9H2,1H3,(H-,14,15,16,18)/p+1. The number of benzene rings is 1. The number of urea groups is 1. The molecule has 0 bridgehead atoms. The first-order chi connectivity index (χ1) is 9.28. The highest BCUT2D eigenvalue weighted by molar-refractivity contribution is 5.98. The lowest BCUT2D eigenvalue weighted by Gasteiger charge is -2.02. The number of carbonyl (C=O) groups excluding carboxylic acids is 1. The molecule has 1 heterocycles. The maximum Gasteiger partial charge on any atom is 0.326 e. The van der Waals surface area contributed by atoms with Crippen LogP contribution in [-0.2, 0) is 6.54 Å². The Labute approximate surface area is 111 Å². The molecule has 1 aromatic heterocycles. The summed E-state index contributed by atoms with van der Waals surface area (Å²) in [6, 6.07) is 8.84. The summed E-state index contributed by atoms with van der Waals surface area (Å²) in [4.78, 5) is 11.7. The van der Waals surface area contributed by atoms with E-state index >= 15 is 0 Å². The molecule has 2 rings (SSSR count). The molecule has 0 aliphatic heterocycles. The zero-order valence-corrected chi connectivity index (χ0v) is 10.8. The fourth-order valence-electron chi connectivity index (χ4n) is 1.56. The van der Waals surface area contributed by atoms with Crippen LogP contribution in [0.2, 0.25) is 0 Å². The van der Waals surface area contributed by atoms with Crippen LogP contribution in [0.25, 0.3) is 0 Å². The normalized spacial score (nSPS) is 10.2. The summed E-state index contributed by atoms with van der Waals surface area (Å²) in [5.74, 6) is 0.324. The van der Waals surface area contributed by atoms with Crippen molar-refractivity contribution in [2.24, 2.45) is 0 Å². The highest BCUT2D eigenvalue weighted by Crippen LogP contribution is 2.07. The summed E-state index contributed by atoms with van der Waals surface area (Å²) in [6.07, 6.45) is 3.77. The predicted molar refractivity (Wildman–Crippen MR) is 70.7 cm³/mol. The fourth-order valence-corrected chi connectivity index (χ4v) is 1.56. The van der Waals surface area contributed by atoms with Gasteiger partial charge < -0.3 is 5.32 Å². The molecule has 2 aromatic rings. The molecule has 2 N–H and O–H groups in total. The molecule has 0 saturated heterocycles. The molecule has 0 spiro atoms. The first-order valence-electron chi connectivity index (χ1n) is 6.27. The summed E-state index contributed by atoms with van der Waals surface area (Å²) in [6.45, 7) is 2.88. The van der Waals surface area contributed by atoms with Gasteiger partial charge in [0.2, 0.25) is 5.27 Å². The molecule has 100 valence electrons. The Hall–Kier alpha value is -2.37. The van der Waals surface area contributed by atoms with Crippen molar-refractivity contribution >= 4 is 17.6 Å². The van der Waals surface area contributed by atoms with E-state index < -0.39 is 0 Å². The molecule has 0 saturated carbocycles. The molecular formula is C13H17N4O2+. The molecule has 6 nitrogen and oxygen atoms in total. The van der Waals surface area contributed by atoms with Crippen LogP contribution >= 0.6 is 0 Å². The van der Waals surface area contributed by atoms with E-state index in [2.05, 4.69) is 22.8 Å². The molecule has 1 aromatic carbocycles. The summed E-state index contributed by atoms with van der Waals surface area (Å²) < 4.78 is 6.68. The summed E-state index contributed by atoms with van der Waals surface area (Å²) in [5, 5.41) is 9.10. The second kappa shape index (κ2) is 6.53. The van der Waals surface area contributed by atoms with Gasteiger partial charge in [0.15, 0.2) is 6.54 Å². The number of nitrogens with zero attached hydrogens (tertiary/aromatic N) is 2. The lowest BCUT2D eigenvalue weighted by molar-refractivity contribution is -0.762. The minimum atomic E-state index is -0.356. The number of carbonyl (C=O) groups is 1. The van der Waals surface area contributed by atoms with Gasteiger partial charge >= 0.3 is 11.9 Å². The molecule has 0 aliphatic rings. The molecule has 2 amide bonds. The van der Waals surface area contributed by atoms with Crippen LogP contribution in [0.4, 0.5) is 16.4 Å². The molecule has 0 unspecified atom stereocenters. The van der Waals surface area contributed by atoms with Crippen LogP contribution in [0.1, 0.15) is 19.8 Å². The van der Waals surface area contributed by atoms with Crippen molar-refractivity contribution in [1.29, 1.82) is 0 Å². The molecule has 0 atom stereocenters. The Morgan fingerprint density at radius 3 is 2.84 bits per heavy atom. The van der Waals surface area contributed by atoms with Gasteiger partial charge in [-0.3, -0.25) is 9.84 Å². The summed E-state index contributed by atoms with van der Waals surface area (Å²) in [7, 11) is 0. The van der Waals surface area contributed by atoms with Crippen molar-refractivity contribution in [1.82, 2.24) is 5.27 Å². The van der Waals surface area contributed by atoms with Crippen LogP contribution < -0.4 is 15.3 Å². The SMILES string of the molecule is CCCC[n+]1cc(NC(=O)Nc2ccccc2)on1. The summed E-state index contributed by atoms with van der Waals surface area (Å²) in [5.41, 5.74) is 0.721. The third kappa shape index (κ3) is 4.09. The van der Waals surface area contributed by atoms with E-state index in [4.69, 9.17) is 4.52 Å². The average Bonchev–Trinajstić information content (AvgIpc) is 2.85. The fraction of sp³-hybridized carbons (Fsp3) is 0.308. The Morgan fingerprint density at radius 2 is 2.11 bits per heavy atom. The van der Waals surface area contributed by atoms with E-state index in [0.29, 0.717) is 5.88 Å². The third-order valence-corrected chi connectivity index (χ3v) is 2.52. The van der Waals surface area contributed by atoms with Crippen molar-refractivity contribution in [2.45, 2.75) is 26.3 Å². The van der Waals surface area contributed by atoms with Gasteiger partial charge in [-0.1, -0.05) is 36.2 Å². The second-order valence-electron chi connectivity index (χ2n) is 4.13. The maximum atomic E-state index is 11.7. The zero-order valence-electron chi connectivity index (χ0n) is 10.8. The number of aryl methyl sites for hydroxylation is 1. The van der Waals surface area contributed by atoms with E-state index in [9.17, 15) is 4.79 Å². The van der Waals surface area contributed by atoms with Crippen molar-refractivity contribution in [3.8, 4) is 0 Å². The Bertz CT molecular complexity index is 524. The highest BCUT2D eigenvalue weighted by atomic mass is 16.5. The van der Waals surface area contributed by atoms with E-state index in [1.807, 2.05) is 18.2 Å². The maximum absolute atomic E-state index is 11.7. The molecule has 0 fully saturated rings. The topological polar surface area (TPSA) is 71.0 Å². The zero-order chi connectivity index (χ0) is 13.5. The minimum Gasteiger partial charge on any atom is -0.308 e. The number of nitrogens with one attached hydrogen (secondary N) is 2. The van der Waals surface area contributed by atoms with Crippen LogP contribution in [0.5, 0.6) is 0 Å². The monoisotopic (exact) mass is 261 g/mol. The Morgan fingerprint density at radius 1 is 1.32 bits per heavy atom. The molecule has 19 heavy (non-hydrogen) atoms. The lowest BCUT2D eigenvalue weighted by Crippen LogP contribution is -2.34. The third-order valence-electron chi connectivity index (χ3n) is 2.52. The van der Waals surface area contributed by atoms with Gasteiger partial charge in [0.1, 0.15) is 0 Å². The number of aromatic nitrogens is 2. The van der Waals surface area contributed by atoms with Crippen LogP contribution in [0.3, 0.4) is 0 Å². The number of hydrogen-bond acceptors (Lipinski definition) is 3. The number of unbranched alkanes of at least 4 members (excludes halogenated alkanes) is 1. The van der Waals surface area contributed by atoms with Crippen molar-refractivity contribution in [3.63, 3.8) is 0 Å². The van der Waals surface area contributed by atoms with E-state index in [1.54, 1.807) is 23.0 Å². The van der Waals surface area contributed by atoms with Gasteiger partial charge in [-0.25, -0.2) is 4.79 Å². The molecule has 0 radical (unpaired) electrons. The number of hydrogen-bond donors (Lipinski definition) is 2. The van der Waals surface area contributed by atoms with Crippen LogP contribution in [0, 0.1) is 0 Å². The molecule has 0 aliphatic carbocycles. The molecular weight excluding hydrogens is 244 g/mol. The van der Waals surface area contributed by atoms with E-state index in [1.165, 1.54) is 0 Å². The van der Waals surface area contributed by atoms with Crippen molar-refractivity contribution in [3.05, 3.63) is 36.5 Å². The predicted octanol–water partition coefficient (Wildman–Crippen LogP) is 2.41. The minimum absolute atomic E-state index is 0.324. The van der Waals surface area contributed by atoms with Crippen molar-refractivity contribution < 1.29 is 14.0 Å². The number of para-hydroxylation sites is 1. The lowest BCUT2D eigenvalue weighted by atomic mass is 10.3. The van der Waals surface area contributed by atoms with Gasteiger partial charge in [0, 0.05) is 12.1 Å². The first kappa shape index (κ1) is 13.1. The van der Waals surface area contributed by atoms with Gasteiger partial charge in [-0.2, -0.15) is 0 Å².